The molecule has 0 aromatic heterocycles. The smallest absolute Gasteiger partial charge is 0.225 e. The van der Waals surface area contributed by atoms with Crippen LogP contribution in [0.4, 0.5) is 0 Å². The van der Waals surface area contributed by atoms with Crippen LogP contribution in [0.5, 0.6) is 0 Å². The third-order valence-corrected chi connectivity index (χ3v) is 5.09. The standard InChI is InChI=1S/C17H20Cl2N2O2/c18-14-6-5-12(15(19)8-14)9-20-16(22)13-2-1-7-21(10-13)17(23)11-3-4-11/h5-6,8,11,13H,1-4,7,9-10H2,(H,20,22). The highest BCUT2D eigenvalue weighted by Crippen LogP contribution is 2.32. The molecule has 1 unspecified atom stereocenters. The molecule has 2 aliphatic rings. The first kappa shape index (κ1) is 16.6. The van der Waals surface area contributed by atoms with Gasteiger partial charge in [0, 0.05) is 35.6 Å². The van der Waals surface area contributed by atoms with Crippen LogP contribution in [0.3, 0.4) is 0 Å². The number of rotatable bonds is 4. The van der Waals surface area contributed by atoms with Crippen molar-refractivity contribution >= 4 is 35.0 Å². The average molecular weight is 355 g/mol. The summed E-state index contributed by atoms with van der Waals surface area (Å²) in [5, 5.41) is 4.05. The van der Waals surface area contributed by atoms with E-state index in [0.29, 0.717) is 23.1 Å². The Bertz CT molecular complexity index is 617. The van der Waals surface area contributed by atoms with E-state index in [-0.39, 0.29) is 23.7 Å². The van der Waals surface area contributed by atoms with Crippen molar-refractivity contribution in [1.29, 1.82) is 0 Å². The van der Waals surface area contributed by atoms with E-state index in [9.17, 15) is 9.59 Å². The largest absolute Gasteiger partial charge is 0.352 e. The second-order valence-corrected chi connectivity index (χ2v) is 7.19. The van der Waals surface area contributed by atoms with Gasteiger partial charge in [-0.25, -0.2) is 0 Å². The zero-order chi connectivity index (χ0) is 16.4. The summed E-state index contributed by atoms with van der Waals surface area (Å²) in [4.78, 5) is 26.4. The minimum absolute atomic E-state index is 0.00989. The Hall–Kier alpha value is -1.26. The van der Waals surface area contributed by atoms with Gasteiger partial charge in [0.25, 0.3) is 0 Å². The zero-order valence-electron chi connectivity index (χ0n) is 12.9. The molecule has 1 aliphatic heterocycles. The minimum atomic E-state index is -0.127. The Morgan fingerprint density at radius 3 is 2.65 bits per heavy atom. The van der Waals surface area contributed by atoms with Crippen LogP contribution in [-0.4, -0.2) is 29.8 Å². The van der Waals surface area contributed by atoms with E-state index in [1.807, 2.05) is 11.0 Å². The molecule has 0 radical (unpaired) electrons. The van der Waals surface area contributed by atoms with Gasteiger partial charge in [0.05, 0.1) is 5.92 Å². The summed E-state index contributed by atoms with van der Waals surface area (Å²) in [5.41, 5.74) is 0.839. The Morgan fingerprint density at radius 2 is 1.96 bits per heavy atom. The van der Waals surface area contributed by atoms with Crippen molar-refractivity contribution in [2.75, 3.05) is 13.1 Å². The van der Waals surface area contributed by atoms with E-state index >= 15 is 0 Å². The van der Waals surface area contributed by atoms with Gasteiger partial charge in [-0.3, -0.25) is 9.59 Å². The molecule has 2 amide bonds. The molecule has 1 atom stereocenters. The number of likely N-dealkylation sites (tertiary alicyclic amines) is 1. The van der Waals surface area contributed by atoms with Gasteiger partial charge in [-0.1, -0.05) is 29.3 Å². The summed E-state index contributed by atoms with van der Waals surface area (Å²) in [6.07, 6.45) is 3.72. The molecule has 1 heterocycles. The van der Waals surface area contributed by atoms with E-state index < -0.39 is 0 Å². The molecule has 1 aromatic carbocycles. The van der Waals surface area contributed by atoms with Crippen molar-refractivity contribution in [2.45, 2.75) is 32.2 Å². The normalized spacial score (nSPS) is 21.1. The molecule has 124 valence electrons. The van der Waals surface area contributed by atoms with Crippen LogP contribution in [0, 0.1) is 11.8 Å². The predicted octanol–water partition coefficient (Wildman–Crippen LogP) is 3.26. The summed E-state index contributed by atoms with van der Waals surface area (Å²) in [6.45, 7) is 1.69. The number of halogens is 2. The quantitative estimate of drug-likeness (QED) is 0.901. The molecule has 0 bridgehead atoms. The SMILES string of the molecule is O=C(NCc1ccc(Cl)cc1Cl)C1CCCN(C(=O)C2CC2)C1. The molecule has 1 saturated carbocycles. The lowest BCUT2D eigenvalue weighted by Crippen LogP contribution is -2.45. The van der Waals surface area contributed by atoms with Crippen LogP contribution >= 0.6 is 23.2 Å². The van der Waals surface area contributed by atoms with Crippen LogP contribution < -0.4 is 5.32 Å². The van der Waals surface area contributed by atoms with Crippen LogP contribution in [0.1, 0.15) is 31.2 Å². The molecule has 4 nitrogen and oxygen atoms in total. The fourth-order valence-corrected chi connectivity index (χ4v) is 3.45. The topological polar surface area (TPSA) is 49.4 Å². The van der Waals surface area contributed by atoms with Crippen LogP contribution in [0.15, 0.2) is 18.2 Å². The molecule has 6 heteroatoms. The third kappa shape index (κ3) is 4.18. The zero-order valence-corrected chi connectivity index (χ0v) is 14.4. The molecule has 1 aromatic rings. The first-order chi connectivity index (χ1) is 11.0. The van der Waals surface area contributed by atoms with E-state index in [1.54, 1.807) is 12.1 Å². The number of amides is 2. The first-order valence-electron chi connectivity index (χ1n) is 8.05. The summed E-state index contributed by atoms with van der Waals surface area (Å²) in [6, 6.07) is 5.24. The number of benzene rings is 1. The van der Waals surface area contributed by atoms with E-state index in [2.05, 4.69) is 5.32 Å². The number of nitrogens with zero attached hydrogens (tertiary/aromatic N) is 1. The highest BCUT2D eigenvalue weighted by Gasteiger charge is 2.36. The number of hydrogen-bond donors (Lipinski definition) is 1. The van der Waals surface area contributed by atoms with Gasteiger partial charge in [-0.15, -0.1) is 0 Å². The lowest BCUT2D eigenvalue weighted by Gasteiger charge is -2.32. The summed E-state index contributed by atoms with van der Waals surface area (Å²) in [7, 11) is 0. The van der Waals surface area contributed by atoms with Crippen molar-refractivity contribution in [2.24, 2.45) is 11.8 Å². The highest BCUT2D eigenvalue weighted by molar-refractivity contribution is 6.35. The molecule has 2 fully saturated rings. The van der Waals surface area contributed by atoms with Gasteiger partial charge in [-0.05, 0) is 43.4 Å². The first-order valence-corrected chi connectivity index (χ1v) is 8.80. The van der Waals surface area contributed by atoms with Gasteiger partial charge >= 0.3 is 0 Å². The molecular weight excluding hydrogens is 335 g/mol. The molecular formula is C17H20Cl2N2O2. The Labute approximate surface area is 146 Å². The number of nitrogens with one attached hydrogen (secondary N) is 1. The molecule has 0 spiro atoms. The fraction of sp³-hybridized carbons (Fsp3) is 0.529. The highest BCUT2D eigenvalue weighted by atomic mass is 35.5. The number of hydrogen-bond acceptors (Lipinski definition) is 2. The summed E-state index contributed by atoms with van der Waals surface area (Å²) in [5.74, 6) is 0.301. The van der Waals surface area contributed by atoms with Gasteiger partial charge in [0.15, 0.2) is 0 Å². The fourth-order valence-electron chi connectivity index (χ4n) is 2.97. The minimum Gasteiger partial charge on any atom is -0.352 e. The molecule has 23 heavy (non-hydrogen) atoms. The van der Waals surface area contributed by atoms with Gasteiger partial charge in [0.1, 0.15) is 0 Å². The molecule has 1 saturated heterocycles. The Kier molecular flexibility index (Phi) is 5.12. The van der Waals surface area contributed by atoms with Crippen LogP contribution in [0.2, 0.25) is 10.0 Å². The van der Waals surface area contributed by atoms with Crippen molar-refractivity contribution in [1.82, 2.24) is 10.2 Å². The summed E-state index contributed by atoms with van der Waals surface area (Å²) >= 11 is 12.0. The molecule has 3 rings (SSSR count). The molecule has 1 aliphatic carbocycles. The third-order valence-electron chi connectivity index (χ3n) is 4.50. The van der Waals surface area contributed by atoms with Gasteiger partial charge < -0.3 is 10.2 Å². The Balaban J connectivity index is 1.54. The van der Waals surface area contributed by atoms with Crippen LogP contribution in [-0.2, 0) is 16.1 Å². The maximum absolute atomic E-state index is 12.4. The molecule has 1 N–H and O–H groups in total. The van der Waals surface area contributed by atoms with Crippen LogP contribution in [0.25, 0.3) is 0 Å². The predicted molar refractivity (Wildman–Crippen MR) is 90.3 cm³/mol. The Morgan fingerprint density at radius 1 is 1.17 bits per heavy atom. The number of piperidine rings is 1. The van der Waals surface area contributed by atoms with Crippen molar-refractivity contribution < 1.29 is 9.59 Å². The van der Waals surface area contributed by atoms with E-state index in [0.717, 1.165) is 37.8 Å². The maximum atomic E-state index is 12.4. The number of carbonyl (C=O) groups is 2. The lowest BCUT2D eigenvalue weighted by molar-refractivity contribution is -0.136. The lowest BCUT2D eigenvalue weighted by atomic mass is 9.96. The monoisotopic (exact) mass is 354 g/mol. The van der Waals surface area contributed by atoms with Crippen molar-refractivity contribution in [3.63, 3.8) is 0 Å². The van der Waals surface area contributed by atoms with E-state index in [1.165, 1.54) is 0 Å². The number of carbonyl (C=O) groups excluding carboxylic acids is 2. The van der Waals surface area contributed by atoms with Gasteiger partial charge in [0.2, 0.25) is 11.8 Å². The average Bonchev–Trinajstić information content (AvgIpc) is 3.38. The summed E-state index contributed by atoms with van der Waals surface area (Å²) < 4.78 is 0. The second kappa shape index (κ2) is 7.10. The maximum Gasteiger partial charge on any atom is 0.225 e. The second-order valence-electron chi connectivity index (χ2n) is 6.35. The van der Waals surface area contributed by atoms with Crippen molar-refractivity contribution in [3.05, 3.63) is 33.8 Å². The van der Waals surface area contributed by atoms with Crippen molar-refractivity contribution in [3.8, 4) is 0 Å². The van der Waals surface area contributed by atoms with E-state index in [4.69, 9.17) is 23.2 Å². The van der Waals surface area contributed by atoms with Gasteiger partial charge in [-0.2, -0.15) is 0 Å².